The summed E-state index contributed by atoms with van der Waals surface area (Å²) in [5.41, 5.74) is -1.42. The minimum Gasteiger partial charge on any atom is -0.504 e. The molecule has 2 rings (SSSR count). The van der Waals surface area contributed by atoms with Gasteiger partial charge in [-0.3, -0.25) is 14.9 Å². The van der Waals surface area contributed by atoms with E-state index in [0.29, 0.717) is 21.5 Å². The summed E-state index contributed by atoms with van der Waals surface area (Å²) in [6.45, 7) is 2.16. The predicted octanol–water partition coefficient (Wildman–Crippen LogP) is 2.26. The third-order valence-electron chi connectivity index (χ3n) is 2.86. The van der Waals surface area contributed by atoms with Crippen LogP contribution < -0.4 is 10.3 Å². The first-order valence-electron chi connectivity index (χ1n) is 6.64. The monoisotopic (exact) mass is 445 g/mol. The van der Waals surface area contributed by atoms with Crippen molar-refractivity contribution in [3.8, 4) is 17.4 Å². The van der Waals surface area contributed by atoms with Crippen LogP contribution in [0.4, 0.5) is 5.69 Å². The third kappa shape index (κ3) is 3.82. The topological polar surface area (TPSA) is 139 Å². The average molecular weight is 445 g/mol. The van der Waals surface area contributed by atoms with Gasteiger partial charge in [0.2, 0.25) is 0 Å². The van der Waals surface area contributed by atoms with E-state index >= 15 is 0 Å². The highest BCUT2D eigenvalue weighted by Gasteiger charge is 2.21. The number of rotatable bonds is 5. The van der Waals surface area contributed by atoms with Crippen LogP contribution >= 0.6 is 22.6 Å². The van der Waals surface area contributed by atoms with Crippen LogP contribution in [0.5, 0.6) is 17.4 Å². The normalized spacial score (nSPS) is 10.9. The highest BCUT2D eigenvalue weighted by Crippen LogP contribution is 2.33. The Morgan fingerprint density at radius 2 is 2.12 bits per heavy atom. The van der Waals surface area contributed by atoms with Gasteiger partial charge in [-0.1, -0.05) is 6.08 Å². The minimum atomic E-state index is -1.05. The van der Waals surface area contributed by atoms with E-state index in [9.17, 15) is 25.1 Å². The second kappa shape index (κ2) is 7.29. The molecule has 0 aliphatic carbocycles. The zero-order chi connectivity index (χ0) is 17.9. The Balaban J connectivity index is 2.38. The van der Waals surface area contributed by atoms with Gasteiger partial charge in [0.15, 0.2) is 11.5 Å². The summed E-state index contributed by atoms with van der Waals surface area (Å²) in [4.78, 5) is 26.9. The summed E-state index contributed by atoms with van der Waals surface area (Å²) in [6.07, 6.45) is 2.91. The molecule has 0 saturated carbocycles. The molecule has 2 aromatic rings. The maximum absolute atomic E-state index is 11.6. The molecule has 126 valence electrons. The van der Waals surface area contributed by atoms with Crippen molar-refractivity contribution in [1.82, 2.24) is 9.97 Å². The smallest absolute Gasteiger partial charge is 0.395 e. The number of phenols is 1. The van der Waals surface area contributed by atoms with Gasteiger partial charge in [-0.25, -0.2) is 0 Å². The zero-order valence-corrected chi connectivity index (χ0v) is 14.5. The summed E-state index contributed by atoms with van der Waals surface area (Å²) in [5, 5.41) is 30.0. The molecule has 24 heavy (non-hydrogen) atoms. The molecule has 0 amide bonds. The van der Waals surface area contributed by atoms with Gasteiger partial charge < -0.3 is 19.9 Å². The first-order valence-corrected chi connectivity index (χ1v) is 7.72. The van der Waals surface area contributed by atoms with Crippen molar-refractivity contribution in [2.45, 2.75) is 6.92 Å². The lowest BCUT2D eigenvalue weighted by Gasteiger charge is -2.08. The molecular formula is C14H12IN3O6. The molecule has 0 saturated heterocycles. The summed E-state index contributed by atoms with van der Waals surface area (Å²) in [5.74, 6) is -0.686. The van der Waals surface area contributed by atoms with Crippen molar-refractivity contribution in [3.05, 3.63) is 47.6 Å². The molecule has 1 aromatic heterocycles. The largest absolute Gasteiger partial charge is 0.504 e. The Hall–Kier alpha value is -2.63. The lowest BCUT2D eigenvalue weighted by molar-refractivity contribution is -0.387. The molecule has 0 fully saturated rings. The minimum absolute atomic E-state index is 0.0223. The van der Waals surface area contributed by atoms with Gasteiger partial charge in [-0.15, -0.1) is 0 Å². The van der Waals surface area contributed by atoms with Crippen molar-refractivity contribution in [2.24, 2.45) is 0 Å². The second-order valence-electron chi connectivity index (χ2n) is 4.50. The van der Waals surface area contributed by atoms with Gasteiger partial charge in [-0.2, -0.15) is 4.98 Å². The van der Waals surface area contributed by atoms with Crippen LogP contribution in [0.2, 0.25) is 0 Å². The molecule has 0 radical (unpaired) electrons. The van der Waals surface area contributed by atoms with Gasteiger partial charge in [0, 0.05) is 0 Å². The number of phenolic OH excluding ortho intramolecular Hbond substituents is 1. The van der Waals surface area contributed by atoms with Crippen LogP contribution in [0.15, 0.2) is 16.9 Å². The number of aromatic amines is 1. The maximum atomic E-state index is 11.6. The second-order valence-corrected chi connectivity index (χ2v) is 5.66. The molecule has 0 aliphatic heterocycles. The fourth-order valence-corrected chi connectivity index (χ4v) is 2.47. The molecule has 0 spiro atoms. The van der Waals surface area contributed by atoms with Crippen LogP contribution in [0.1, 0.15) is 18.3 Å². The van der Waals surface area contributed by atoms with Crippen LogP contribution in [0, 0.1) is 13.7 Å². The van der Waals surface area contributed by atoms with E-state index < -0.39 is 22.0 Å². The van der Waals surface area contributed by atoms with E-state index in [1.165, 1.54) is 6.08 Å². The summed E-state index contributed by atoms with van der Waals surface area (Å²) < 4.78 is 5.87. The third-order valence-corrected chi connectivity index (χ3v) is 3.68. The number of nitrogens with one attached hydrogen (secondary N) is 1. The van der Waals surface area contributed by atoms with Crippen molar-refractivity contribution in [2.75, 3.05) is 6.61 Å². The van der Waals surface area contributed by atoms with E-state index in [1.54, 1.807) is 25.1 Å². The van der Waals surface area contributed by atoms with Gasteiger partial charge in [0.1, 0.15) is 5.82 Å². The van der Waals surface area contributed by atoms with Crippen molar-refractivity contribution >= 4 is 40.4 Å². The molecule has 1 heterocycles. The van der Waals surface area contributed by atoms with Crippen molar-refractivity contribution in [3.63, 3.8) is 0 Å². The molecule has 9 nitrogen and oxygen atoms in total. The molecular weight excluding hydrogens is 433 g/mol. The quantitative estimate of drug-likeness (QED) is 0.365. The van der Waals surface area contributed by atoms with Gasteiger partial charge in [-0.05, 0) is 53.3 Å². The summed E-state index contributed by atoms with van der Waals surface area (Å²) in [6, 6.07) is 3.25. The molecule has 0 atom stereocenters. The highest BCUT2D eigenvalue weighted by atomic mass is 127. The van der Waals surface area contributed by atoms with Crippen LogP contribution in [-0.2, 0) is 0 Å². The Morgan fingerprint density at radius 1 is 1.42 bits per heavy atom. The molecule has 0 aliphatic rings. The Morgan fingerprint density at radius 3 is 2.71 bits per heavy atom. The molecule has 1 aromatic carbocycles. The Labute approximate surface area is 148 Å². The van der Waals surface area contributed by atoms with Gasteiger partial charge in [0.05, 0.1) is 15.1 Å². The van der Waals surface area contributed by atoms with E-state index in [4.69, 9.17) is 4.74 Å². The number of ether oxygens (including phenoxy) is 1. The number of hydrogen-bond acceptors (Lipinski definition) is 7. The van der Waals surface area contributed by atoms with E-state index in [-0.39, 0.29) is 11.6 Å². The summed E-state index contributed by atoms with van der Waals surface area (Å²) >= 11 is 1.94. The predicted molar refractivity (Wildman–Crippen MR) is 94.1 cm³/mol. The number of aromatic nitrogens is 2. The Bertz CT molecular complexity index is 878. The first kappa shape index (κ1) is 17.7. The lowest BCUT2D eigenvalue weighted by atomic mass is 10.2. The van der Waals surface area contributed by atoms with Crippen LogP contribution in [0.25, 0.3) is 12.2 Å². The van der Waals surface area contributed by atoms with Crippen LogP contribution in [0.3, 0.4) is 0 Å². The standard InChI is InChI=1S/C14H12IN3O6/c1-2-24-9-6-7(5-8(15)12(9)19)3-4-10-16-13(20)11(18(22)23)14(21)17-10/h3-6,19H,2H2,1H3,(H2,16,17,20,21)/b4-3-. The molecule has 0 unspecified atom stereocenters. The van der Waals surface area contributed by atoms with Gasteiger partial charge in [0.25, 0.3) is 5.88 Å². The average Bonchev–Trinajstić information content (AvgIpc) is 2.49. The zero-order valence-electron chi connectivity index (χ0n) is 12.3. The molecule has 0 bridgehead atoms. The highest BCUT2D eigenvalue weighted by molar-refractivity contribution is 14.1. The number of H-pyrrole nitrogens is 1. The number of hydrogen-bond donors (Lipinski definition) is 3. The Kier molecular flexibility index (Phi) is 5.39. The van der Waals surface area contributed by atoms with Crippen LogP contribution in [-0.4, -0.2) is 31.7 Å². The molecule has 10 heteroatoms. The molecule has 3 N–H and O–H groups in total. The fourth-order valence-electron chi connectivity index (χ4n) is 1.85. The maximum Gasteiger partial charge on any atom is 0.395 e. The number of nitrogens with zero attached hydrogens (tertiary/aromatic N) is 2. The number of aromatic hydroxyl groups is 2. The SMILES string of the molecule is CCOc1cc(/C=C\c2nc(O)c([N+](=O)[O-])c(=O)[nH]2)cc(I)c1O. The number of halogens is 1. The number of benzene rings is 1. The first-order chi connectivity index (χ1) is 11.3. The summed E-state index contributed by atoms with van der Waals surface area (Å²) in [7, 11) is 0. The fraction of sp³-hybridized carbons (Fsp3) is 0.143. The van der Waals surface area contributed by atoms with Crippen molar-refractivity contribution in [1.29, 1.82) is 0 Å². The van der Waals surface area contributed by atoms with E-state index in [0.717, 1.165) is 0 Å². The number of nitro groups is 1. The van der Waals surface area contributed by atoms with Gasteiger partial charge >= 0.3 is 11.2 Å². The van der Waals surface area contributed by atoms with E-state index in [1.807, 2.05) is 22.6 Å². The van der Waals surface area contributed by atoms with E-state index in [2.05, 4.69) is 9.97 Å². The lowest BCUT2D eigenvalue weighted by Crippen LogP contribution is -2.14. The van der Waals surface area contributed by atoms with Crippen molar-refractivity contribution < 1.29 is 19.9 Å².